The molecule has 1 atom stereocenters. The Bertz CT molecular complexity index is 459. The molecular weight excluding hydrogens is 313 g/mol. The predicted molar refractivity (Wildman–Crippen MR) is 69.1 cm³/mol. The molecule has 21 heavy (non-hydrogen) atoms. The number of halogens is 3. The number of nitrogens with one attached hydrogen (secondary N) is 1. The number of carbonyl (C=O) groups is 1. The average molecular weight is 332 g/mol. The zero-order chi connectivity index (χ0) is 16.3. The van der Waals surface area contributed by atoms with Gasteiger partial charge in [0.25, 0.3) is 0 Å². The number of sulfonamides is 1. The molecule has 1 amide bonds. The van der Waals surface area contributed by atoms with Crippen LogP contribution in [0.3, 0.4) is 0 Å². The Labute approximate surface area is 121 Å². The molecule has 0 bridgehead atoms. The molecule has 1 aliphatic heterocycles. The molecule has 0 spiro atoms. The number of hydrogen-bond donors (Lipinski definition) is 1. The van der Waals surface area contributed by atoms with Gasteiger partial charge in [-0.25, -0.2) is 12.7 Å². The van der Waals surface area contributed by atoms with Gasteiger partial charge >= 0.3 is 6.18 Å². The van der Waals surface area contributed by atoms with Crippen molar-refractivity contribution >= 4 is 15.9 Å². The minimum absolute atomic E-state index is 0.257. The fourth-order valence-electron chi connectivity index (χ4n) is 1.95. The summed E-state index contributed by atoms with van der Waals surface area (Å²) >= 11 is 0. The van der Waals surface area contributed by atoms with Crippen molar-refractivity contribution in [2.75, 3.05) is 26.0 Å². The van der Waals surface area contributed by atoms with Crippen molar-refractivity contribution in [3.63, 3.8) is 0 Å². The SMILES string of the molecule is C[C@H](OCC(F)(F)F)C(=O)NC1CCN(S(C)(=O)=O)CC1. The van der Waals surface area contributed by atoms with Crippen molar-refractivity contribution in [1.29, 1.82) is 0 Å². The number of alkyl halides is 3. The first kappa shape index (κ1) is 18.2. The molecule has 0 aromatic rings. The summed E-state index contributed by atoms with van der Waals surface area (Å²) in [4.78, 5) is 11.7. The number of ether oxygens (including phenoxy) is 1. The molecule has 1 fully saturated rings. The van der Waals surface area contributed by atoms with Crippen LogP contribution in [0.4, 0.5) is 13.2 Å². The molecule has 1 aliphatic rings. The first-order valence-corrected chi connectivity index (χ1v) is 8.28. The molecule has 124 valence electrons. The molecule has 1 rings (SSSR count). The van der Waals surface area contributed by atoms with Gasteiger partial charge in [0.05, 0.1) is 6.26 Å². The molecule has 6 nitrogen and oxygen atoms in total. The van der Waals surface area contributed by atoms with Gasteiger partial charge in [0.2, 0.25) is 15.9 Å². The number of amides is 1. The summed E-state index contributed by atoms with van der Waals surface area (Å²) in [6, 6.07) is -0.257. The van der Waals surface area contributed by atoms with E-state index in [2.05, 4.69) is 10.1 Å². The first-order valence-electron chi connectivity index (χ1n) is 6.43. The van der Waals surface area contributed by atoms with E-state index >= 15 is 0 Å². The first-order chi connectivity index (χ1) is 9.49. The van der Waals surface area contributed by atoms with E-state index < -0.39 is 34.8 Å². The van der Waals surface area contributed by atoms with E-state index in [0.717, 1.165) is 6.26 Å². The van der Waals surface area contributed by atoms with Crippen LogP contribution in [0.15, 0.2) is 0 Å². The lowest BCUT2D eigenvalue weighted by molar-refractivity contribution is -0.185. The molecule has 1 N–H and O–H groups in total. The maximum atomic E-state index is 12.0. The topological polar surface area (TPSA) is 75.7 Å². The van der Waals surface area contributed by atoms with Gasteiger partial charge in [-0.1, -0.05) is 0 Å². The van der Waals surface area contributed by atoms with Gasteiger partial charge < -0.3 is 10.1 Å². The van der Waals surface area contributed by atoms with E-state index in [9.17, 15) is 26.4 Å². The van der Waals surface area contributed by atoms with Gasteiger partial charge in [-0.3, -0.25) is 4.79 Å². The average Bonchev–Trinajstić information content (AvgIpc) is 2.34. The van der Waals surface area contributed by atoms with E-state index in [1.807, 2.05) is 0 Å². The minimum Gasteiger partial charge on any atom is -0.359 e. The molecule has 10 heteroatoms. The van der Waals surface area contributed by atoms with Crippen molar-refractivity contribution in [3.8, 4) is 0 Å². The van der Waals surface area contributed by atoms with Crippen molar-refractivity contribution in [2.45, 2.75) is 38.1 Å². The second-order valence-electron chi connectivity index (χ2n) is 5.01. The number of hydrogen-bond acceptors (Lipinski definition) is 4. The molecule has 0 unspecified atom stereocenters. The molecular formula is C11H19F3N2O4S. The van der Waals surface area contributed by atoms with Crippen LogP contribution in [0.1, 0.15) is 19.8 Å². The highest BCUT2D eigenvalue weighted by molar-refractivity contribution is 7.88. The summed E-state index contributed by atoms with van der Waals surface area (Å²) in [6.07, 6.45) is -3.73. The molecule has 0 aromatic heterocycles. The van der Waals surface area contributed by atoms with Gasteiger partial charge in [-0.05, 0) is 19.8 Å². The predicted octanol–water partition coefficient (Wildman–Crippen LogP) is 0.494. The maximum absolute atomic E-state index is 12.0. The molecule has 1 saturated heterocycles. The second kappa shape index (κ2) is 6.93. The minimum atomic E-state index is -4.48. The van der Waals surface area contributed by atoms with Crippen molar-refractivity contribution in [1.82, 2.24) is 9.62 Å². The third-order valence-electron chi connectivity index (χ3n) is 3.14. The highest BCUT2D eigenvalue weighted by Crippen LogP contribution is 2.16. The van der Waals surface area contributed by atoms with Crippen molar-refractivity contribution in [3.05, 3.63) is 0 Å². The highest BCUT2D eigenvalue weighted by Gasteiger charge is 2.31. The fourth-order valence-corrected chi connectivity index (χ4v) is 2.82. The van der Waals surface area contributed by atoms with E-state index in [1.165, 1.54) is 11.2 Å². The lowest BCUT2D eigenvalue weighted by Gasteiger charge is -2.31. The maximum Gasteiger partial charge on any atom is 0.411 e. The number of carbonyl (C=O) groups excluding carboxylic acids is 1. The molecule has 0 aromatic carbocycles. The lowest BCUT2D eigenvalue weighted by Crippen LogP contribution is -2.48. The molecule has 1 heterocycles. The van der Waals surface area contributed by atoms with Crippen molar-refractivity contribution < 1.29 is 31.1 Å². The van der Waals surface area contributed by atoms with Crippen LogP contribution in [0.5, 0.6) is 0 Å². The third kappa shape index (κ3) is 6.62. The third-order valence-corrected chi connectivity index (χ3v) is 4.44. The zero-order valence-corrected chi connectivity index (χ0v) is 12.6. The van der Waals surface area contributed by atoms with E-state index in [-0.39, 0.29) is 19.1 Å². The Morgan fingerprint density at radius 3 is 2.33 bits per heavy atom. The van der Waals surface area contributed by atoms with E-state index in [4.69, 9.17) is 0 Å². The van der Waals surface area contributed by atoms with Crippen LogP contribution in [0, 0.1) is 0 Å². The quantitative estimate of drug-likeness (QED) is 0.795. The van der Waals surface area contributed by atoms with Gasteiger partial charge in [-0.2, -0.15) is 13.2 Å². The summed E-state index contributed by atoms with van der Waals surface area (Å²) in [6.45, 7) is 0.323. The summed E-state index contributed by atoms with van der Waals surface area (Å²) in [7, 11) is -3.25. The number of rotatable bonds is 5. The van der Waals surface area contributed by atoms with Gasteiger partial charge in [0, 0.05) is 19.1 Å². The van der Waals surface area contributed by atoms with Crippen LogP contribution in [-0.4, -0.2) is 62.9 Å². The number of piperidine rings is 1. The van der Waals surface area contributed by atoms with E-state index in [1.54, 1.807) is 0 Å². The van der Waals surface area contributed by atoms with Gasteiger partial charge in [-0.15, -0.1) is 0 Å². The second-order valence-corrected chi connectivity index (χ2v) is 7.00. The Balaban J connectivity index is 2.36. The van der Waals surface area contributed by atoms with Crippen LogP contribution in [-0.2, 0) is 19.6 Å². The summed E-state index contributed by atoms with van der Waals surface area (Å²) in [5, 5.41) is 2.57. The number of nitrogens with zero attached hydrogens (tertiary/aromatic N) is 1. The standard InChI is InChI=1S/C11H19F3N2O4S/c1-8(20-7-11(12,13)14)10(17)15-9-3-5-16(6-4-9)21(2,18)19/h8-9H,3-7H2,1-2H3,(H,15,17)/t8-/m0/s1. The van der Waals surface area contributed by atoms with Gasteiger partial charge in [0.15, 0.2) is 0 Å². The highest BCUT2D eigenvalue weighted by atomic mass is 32.2. The van der Waals surface area contributed by atoms with Gasteiger partial charge in [0.1, 0.15) is 12.7 Å². The monoisotopic (exact) mass is 332 g/mol. The normalized spacial score (nSPS) is 20.2. The molecule has 0 aliphatic carbocycles. The van der Waals surface area contributed by atoms with Crippen LogP contribution >= 0.6 is 0 Å². The zero-order valence-electron chi connectivity index (χ0n) is 11.8. The molecule has 0 radical (unpaired) electrons. The van der Waals surface area contributed by atoms with E-state index in [0.29, 0.717) is 12.8 Å². The fraction of sp³-hybridized carbons (Fsp3) is 0.909. The van der Waals surface area contributed by atoms with Crippen LogP contribution in [0.25, 0.3) is 0 Å². The Morgan fingerprint density at radius 1 is 1.38 bits per heavy atom. The van der Waals surface area contributed by atoms with Crippen molar-refractivity contribution in [2.24, 2.45) is 0 Å². The van der Waals surface area contributed by atoms with Crippen LogP contribution < -0.4 is 5.32 Å². The lowest BCUT2D eigenvalue weighted by atomic mass is 10.1. The largest absolute Gasteiger partial charge is 0.411 e. The Morgan fingerprint density at radius 2 is 1.90 bits per heavy atom. The summed E-state index contributed by atoms with van der Waals surface area (Å²) in [5.74, 6) is -0.628. The summed E-state index contributed by atoms with van der Waals surface area (Å²) < 4.78 is 64.3. The Kier molecular flexibility index (Phi) is 6.00. The molecule has 0 saturated carbocycles. The van der Waals surface area contributed by atoms with Crippen LogP contribution in [0.2, 0.25) is 0 Å². The Hall–Kier alpha value is -0.870. The smallest absolute Gasteiger partial charge is 0.359 e. The summed E-state index contributed by atoms with van der Waals surface area (Å²) in [5.41, 5.74) is 0.